The minimum Gasteiger partial charge on any atom is -0.507 e. The Morgan fingerprint density at radius 1 is 1.16 bits per heavy atom. The van der Waals surface area contributed by atoms with Gasteiger partial charge in [0.15, 0.2) is 0 Å². The Labute approximate surface area is 222 Å². The Bertz CT molecular complexity index is 1350. The fourth-order valence-electron chi connectivity index (χ4n) is 4.80. The second-order valence-corrected chi connectivity index (χ2v) is 10.8. The molecule has 0 atom stereocenters. The molecule has 1 aliphatic rings. The van der Waals surface area contributed by atoms with Crippen molar-refractivity contribution in [2.24, 2.45) is 0 Å². The molecule has 0 radical (unpaired) electrons. The first-order valence-electron chi connectivity index (χ1n) is 12.2. The Kier molecular flexibility index (Phi) is 8.56. The molecule has 1 saturated carbocycles. The van der Waals surface area contributed by atoms with E-state index >= 15 is 0 Å². The Balaban J connectivity index is 1.66. The number of pyridine rings is 1. The fraction of sp³-hybridized carbons (Fsp3) is 0.407. The van der Waals surface area contributed by atoms with Gasteiger partial charge in [-0.15, -0.1) is 11.8 Å². The van der Waals surface area contributed by atoms with Crippen molar-refractivity contribution in [1.29, 1.82) is 0 Å². The summed E-state index contributed by atoms with van der Waals surface area (Å²) in [6.45, 7) is 0.606. The van der Waals surface area contributed by atoms with Gasteiger partial charge in [0.1, 0.15) is 11.5 Å². The zero-order valence-electron chi connectivity index (χ0n) is 20.3. The number of fused-ring (bicyclic) bond motifs is 1. The first-order valence-corrected chi connectivity index (χ1v) is 13.5. The van der Waals surface area contributed by atoms with Crippen molar-refractivity contribution in [3.8, 4) is 16.9 Å². The number of phenols is 1. The molecule has 0 aliphatic heterocycles. The molecule has 1 heterocycles. The number of alkyl halides is 3. The summed E-state index contributed by atoms with van der Waals surface area (Å²) < 4.78 is 40.5. The highest BCUT2D eigenvalue weighted by Gasteiger charge is 2.31. The zero-order chi connectivity index (χ0) is 26.7. The third-order valence-electron chi connectivity index (χ3n) is 6.84. The molecule has 1 aliphatic carbocycles. The summed E-state index contributed by atoms with van der Waals surface area (Å²) in [6.07, 6.45) is 1.58. The normalized spacial score (nSPS) is 15.0. The third-order valence-corrected chi connectivity index (χ3v) is 8.22. The number of nitrogens with zero attached hydrogens (tertiary/aromatic N) is 1. The van der Waals surface area contributed by atoms with E-state index in [9.17, 15) is 27.9 Å². The van der Waals surface area contributed by atoms with Crippen molar-refractivity contribution in [3.63, 3.8) is 0 Å². The molecule has 5 nitrogen and oxygen atoms in total. The monoisotopic (exact) mass is 552 g/mol. The predicted octanol–water partition coefficient (Wildman–Crippen LogP) is 6.89. The second kappa shape index (κ2) is 11.5. The number of carbonyl (C=O) groups is 1. The van der Waals surface area contributed by atoms with E-state index in [0.717, 1.165) is 36.7 Å². The number of rotatable bonds is 8. The van der Waals surface area contributed by atoms with Crippen LogP contribution in [0.1, 0.15) is 44.1 Å². The molecule has 3 aromatic rings. The van der Waals surface area contributed by atoms with Crippen LogP contribution in [0.25, 0.3) is 22.0 Å². The molecular weight excluding hydrogens is 525 g/mol. The van der Waals surface area contributed by atoms with E-state index in [1.807, 2.05) is 7.05 Å². The summed E-state index contributed by atoms with van der Waals surface area (Å²) in [5.41, 5.74) is -1.04. The van der Waals surface area contributed by atoms with Crippen LogP contribution in [0, 0.1) is 0 Å². The number of aromatic hydroxyl groups is 1. The smallest absolute Gasteiger partial charge is 0.416 e. The molecule has 4 rings (SSSR count). The number of ketones is 1. The number of aromatic nitrogens is 1. The van der Waals surface area contributed by atoms with Gasteiger partial charge in [-0.1, -0.05) is 30.9 Å². The van der Waals surface area contributed by atoms with Gasteiger partial charge in [0.25, 0.3) is 5.56 Å². The van der Waals surface area contributed by atoms with Crippen LogP contribution in [0.3, 0.4) is 0 Å². The van der Waals surface area contributed by atoms with Gasteiger partial charge < -0.3 is 15.0 Å². The van der Waals surface area contributed by atoms with E-state index in [0.29, 0.717) is 19.0 Å². The van der Waals surface area contributed by atoms with Gasteiger partial charge in [0, 0.05) is 46.1 Å². The van der Waals surface area contributed by atoms with Crippen molar-refractivity contribution in [3.05, 3.63) is 57.3 Å². The lowest BCUT2D eigenvalue weighted by atomic mass is 9.94. The van der Waals surface area contributed by atoms with E-state index in [1.54, 1.807) is 0 Å². The summed E-state index contributed by atoms with van der Waals surface area (Å²) in [5, 5.41) is 10.9. The lowest BCUT2D eigenvalue weighted by Gasteiger charge is -2.30. The standard InChI is InChI=1S/C27H28ClF3N2O3S/c1-33(18-5-3-2-4-6-18)12-11-19(34)15-37-25-24(21-14-17(28)8-10-23(21)35)20-13-16(27(29,30)31)7-9-22(20)32-26(25)36/h7-10,13-14,18,35H,2-6,11-12,15H2,1H3,(H,32,36). The van der Waals surface area contributed by atoms with Crippen LogP contribution in [-0.4, -0.2) is 46.2 Å². The number of Topliss-reactive ketones (excluding diaryl/α,β-unsaturated/α-hetero) is 1. The molecule has 0 amide bonds. The van der Waals surface area contributed by atoms with Crippen molar-refractivity contribution >= 4 is 40.0 Å². The number of halogens is 4. The summed E-state index contributed by atoms with van der Waals surface area (Å²) in [5.74, 6) is -0.339. The van der Waals surface area contributed by atoms with E-state index in [-0.39, 0.29) is 49.2 Å². The van der Waals surface area contributed by atoms with E-state index in [2.05, 4.69) is 9.88 Å². The van der Waals surface area contributed by atoms with E-state index in [4.69, 9.17) is 11.6 Å². The summed E-state index contributed by atoms with van der Waals surface area (Å²) in [7, 11) is 2.02. The van der Waals surface area contributed by atoms with Gasteiger partial charge in [-0.05, 0) is 56.3 Å². The molecule has 2 aromatic carbocycles. The van der Waals surface area contributed by atoms with Crippen LogP contribution >= 0.6 is 23.4 Å². The van der Waals surface area contributed by atoms with Crippen molar-refractivity contribution in [2.45, 2.75) is 55.6 Å². The maximum Gasteiger partial charge on any atom is 0.416 e. The molecule has 1 aromatic heterocycles. The fourth-order valence-corrected chi connectivity index (χ4v) is 5.96. The van der Waals surface area contributed by atoms with Crippen molar-refractivity contribution in [2.75, 3.05) is 19.3 Å². The molecule has 0 spiro atoms. The lowest BCUT2D eigenvalue weighted by Crippen LogP contribution is -2.35. The quantitative estimate of drug-likeness (QED) is 0.298. The number of benzene rings is 2. The number of hydrogen-bond donors (Lipinski definition) is 2. The molecule has 0 saturated heterocycles. The van der Waals surface area contributed by atoms with Gasteiger partial charge in [-0.3, -0.25) is 9.59 Å². The van der Waals surface area contributed by atoms with Gasteiger partial charge in [0.2, 0.25) is 0 Å². The molecule has 198 valence electrons. The molecular formula is C27H28ClF3N2O3S. The molecule has 37 heavy (non-hydrogen) atoms. The average molecular weight is 553 g/mol. The van der Waals surface area contributed by atoms with E-state index in [1.165, 1.54) is 43.5 Å². The summed E-state index contributed by atoms with van der Waals surface area (Å²) in [6, 6.07) is 7.64. The Morgan fingerprint density at radius 2 is 1.89 bits per heavy atom. The number of aromatic amines is 1. The highest BCUT2D eigenvalue weighted by atomic mass is 35.5. The van der Waals surface area contributed by atoms with Crippen LogP contribution in [0.4, 0.5) is 13.2 Å². The van der Waals surface area contributed by atoms with Crippen molar-refractivity contribution in [1.82, 2.24) is 9.88 Å². The molecule has 10 heteroatoms. The maximum atomic E-state index is 13.5. The Hall–Kier alpha value is -2.49. The second-order valence-electron chi connectivity index (χ2n) is 9.43. The van der Waals surface area contributed by atoms with Gasteiger partial charge in [-0.2, -0.15) is 13.2 Å². The SMILES string of the molecule is CN(CCC(=O)CSc1c(-c2cc(Cl)ccc2O)c2cc(C(F)(F)F)ccc2[nH]c1=O)C1CCCCC1. The van der Waals surface area contributed by atoms with Crippen LogP contribution in [-0.2, 0) is 11.0 Å². The summed E-state index contributed by atoms with van der Waals surface area (Å²) >= 11 is 7.09. The van der Waals surface area contributed by atoms with Crippen LogP contribution < -0.4 is 5.56 Å². The molecule has 2 N–H and O–H groups in total. The summed E-state index contributed by atoms with van der Waals surface area (Å²) in [4.78, 5) is 30.7. The minimum atomic E-state index is -4.61. The first kappa shape index (κ1) is 27.5. The van der Waals surface area contributed by atoms with Gasteiger partial charge in [-0.25, -0.2) is 0 Å². The molecule has 0 unspecified atom stereocenters. The number of H-pyrrole nitrogens is 1. The third kappa shape index (κ3) is 6.51. The zero-order valence-corrected chi connectivity index (χ0v) is 21.9. The minimum absolute atomic E-state index is 0.0274. The number of hydrogen-bond acceptors (Lipinski definition) is 5. The predicted molar refractivity (Wildman–Crippen MR) is 142 cm³/mol. The van der Waals surface area contributed by atoms with Crippen LogP contribution in [0.5, 0.6) is 5.75 Å². The topological polar surface area (TPSA) is 73.4 Å². The number of thioether (sulfide) groups is 1. The number of phenolic OH excluding ortho intramolecular Hbond substituents is 1. The first-order chi connectivity index (χ1) is 17.5. The van der Waals surface area contributed by atoms with Crippen molar-refractivity contribution < 1.29 is 23.1 Å². The van der Waals surface area contributed by atoms with Gasteiger partial charge >= 0.3 is 6.18 Å². The highest BCUT2D eigenvalue weighted by Crippen LogP contribution is 2.42. The average Bonchev–Trinajstić information content (AvgIpc) is 2.87. The molecule has 1 fully saturated rings. The maximum absolute atomic E-state index is 13.5. The van der Waals surface area contributed by atoms with Gasteiger partial charge in [0.05, 0.1) is 16.2 Å². The lowest BCUT2D eigenvalue weighted by molar-refractivity contribution is -0.137. The largest absolute Gasteiger partial charge is 0.507 e. The van der Waals surface area contributed by atoms with Crippen LogP contribution in [0.2, 0.25) is 5.02 Å². The number of carbonyl (C=O) groups excluding carboxylic acids is 1. The van der Waals surface area contributed by atoms with Crippen LogP contribution in [0.15, 0.2) is 46.1 Å². The Morgan fingerprint density at radius 3 is 2.59 bits per heavy atom. The van der Waals surface area contributed by atoms with E-state index < -0.39 is 17.3 Å². The number of nitrogens with one attached hydrogen (secondary N) is 1. The molecule has 0 bridgehead atoms. The highest BCUT2D eigenvalue weighted by molar-refractivity contribution is 8.00.